The van der Waals surface area contributed by atoms with Gasteiger partial charge in [-0.2, -0.15) is 0 Å². The minimum absolute atomic E-state index is 0.201. The highest BCUT2D eigenvalue weighted by molar-refractivity contribution is 5.88. The fraction of sp³-hybridized carbons (Fsp3) is 0.667. The van der Waals surface area contributed by atoms with Gasteiger partial charge >= 0.3 is 0 Å². The summed E-state index contributed by atoms with van der Waals surface area (Å²) in [4.78, 5) is 21.4. The van der Waals surface area contributed by atoms with Crippen LogP contribution in [0.5, 0.6) is 0 Å². The third kappa shape index (κ3) is 1.91. The van der Waals surface area contributed by atoms with Crippen molar-refractivity contribution in [3.05, 3.63) is 0 Å². The van der Waals surface area contributed by atoms with E-state index in [2.05, 4.69) is 10.6 Å². The molecule has 1 fully saturated rings. The predicted molar refractivity (Wildman–Crippen MR) is 38.3 cm³/mol. The first-order chi connectivity index (χ1) is 5.09. The lowest BCUT2D eigenvalue weighted by atomic mass is 10.2. The summed E-state index contributed by atoms with van der Waals surface area (Å²) < 4.78 is 0. The fourth-order valence-corrected chi connectivity index (χ4v) is 1.07. The molecule has 2 unspecified atom stereocenters. The van der Waals surface area contributed by atoms with Gasteiger partial charge in [-0.1, -0.05) is 0 Å². The normalized spacial score (nSPS) is 29.8. The van der Waals surface area contributed by atoms with Crippen molar-refractivity contribution >= 4 is 11.8 Å². The Morgan fingerprint density at radius 1 is 1.82 bits per heavy atom. The van der Waals surface area contributed by atoms with Crippen molar-refractivity contribution in [2.24, 2.45) is 5.73 Å². The first-order valence-corrected chi connectivity index (χ1v) is 3.42. The monoisotopic (exact) mass is 157 g/mol. The molecule has 0 saturated carbocycles. The molecule has 1 aliphatic heterocycles. The molecule has 1 rings (SSSR count). The number of nitrogens with two attached hydrogens (primary N) is 1. The molecule has 4 N–H and O–H groups in total. The van der Waals surface area contributed by atoms with E-state index in [-0.39, 0.29) is 18.0 Å². The maximum Gasteiger partial charge on any atom is 0.243 e. The fourth-order valence-electron chi connectivity index (χ4n) is 1.07. The van der Waals surface area contributed by atoms with E-state index in [1.165, 1.54) is 6.92 Å². The van der Waals surface area contributed by atoms with Crippen LogP contribution in [0.2, 0.25) is 0 Å². The Morgan fingerprint density at radius 3 is 2.82 bits per heavy atom. The summed E-state index contributed by atoms with van der Waals surface area (Å²) in [6.07, 6.45) is 0.151. The summed E-state index contributed by atoms with van der Waals surface area (Å²) in [5.74, 6) is -0.410. The van der Waals surface area contributed by atoms with Crippen molar-refractivity contribution in [3.8, 4) is 0 Å². The van der Waals surface area contributed by atoms with Gasteiger partial charge in [-0.25, -0.2) is 0 Å². The Bertz CT molecular complexity index is 192. The average Bonchev–Trinajstić information content (AvgIpc) is 2.09. The van der Waals surface area contributed by atoms with E-state index in [4.69, 9.17) is 5.73 Å². The molecule has 2 amide bonds. The second kappa shape index (κ2) is 2.87. The summed E-state index contributed by atoms with van der Waals surface area (Å²) >= 11 is 0. The van der Waals surface area contributed by atoms with Gasteiger partial charge in [-0.3, -0.25) is 9.59 Å². The van der Waals surface area contributed by atoms with E-state index >= 15 is 0 Å². The van der Waals surface area contributed by atoms with Crippen molar-refractivity contribution in [2.75, 3.05) is 0 Å². The van der Waals surface area contributed by atoms with Gasteiger partial charge in [-0.05, 0) is 0 Å². The third-order valence-electron chi connectivity index (χ3n) is 1.51. The Morgan fingerprint density at radius 2 is 2.45 bits per heavy atom. The number of nitrogens with one attached hydrogen (secondary N) is 2. The van der Waals surface area contributed by atoms with Crippen LogP contribution in [0.4, 0.5) is 0 Å². The summed E-state index contributed by atoms with van der Waals surface area (Å²) in [6.45, 7) is 1.37. The Balaban J connectivity index is 2.47. The molecular weight excluding hydrogens is 146 g/mol. The molecule has 1 heterocycles. The zero-order chi connectivity index (χ0) is 8.43. The van der Waals surface area contributed by atoms with Crippen LogP contribution in [0.25, 0.3) is 0 Å². The number of rotatable bonds is 1. The van der Waals surface area contributed by atoms with Crippen LogP contribution in [0.15, 0.2) is 0 Å². The average molecular weight is 157 g/mol. The van der Waals surface area contributed by atoms with Gasteiger partial charge in [0, 0.05) is 13.3 Å². The number of hydrogen-bond acceptors (Lipinski definition) is 3. The van der Waals surface area contributed by atoms with Crippen LogP contribution in [0, 0.1) is 0 Å². The van der Waals surface area contributed by atoms with Crippen LogP contribution < -0.4 is 16.4 Å². The van der Waals surface area contributed by atoms with Crippen LogP contribution in [-0.2, 0) is 9.59 Å². The van der Waals surface area contributed by atoms with Crippen molar-refractivity contribution in [3.63, 3.8) is 0 Å². The number of carbonyl (C=O) groups is 2. The first-order valence-electron chi connectivity index (χ1n) is 3.42. The molecule has 0 aromatic carbocycles. The van der Waals surface area contributed by atoms with Gasteiger partial charge in [0.1, 0.15) is 6.04 Å². The molecule has 0 aromatic heterocycles. The van der Waals surface area contributed by atoms with Gasteiger partial charge in [0.05, 0.1) is 6.17 Å². The Kier molecular flexibility index (Phi) is 2.09. The van der Waals surface area contributed by atoms with Crippen LogP contribution >= 0.6 is 0 Å². The second-order valence-corrected chi connectivity index (χ2v) is 2.60. The molecule has 1 aliphatic rings. The smallest absolute Gasteiger partial charge is 0.243 e. The van der Waals surface area contributed by atoms with Gasteiger partial charge in [0.15, 0.2) is 0 Å². The maximum absolute atomic E-state index is 10.9. The zero-order valence-electron chi connectivity index (χ0n) is 6.26. The lowest BCUT2D eigenvalue weighted by molar-refractivity contribution is -0.126. The van der Waals surface area contributed by atoms with Crippen molar-refractivity contribution < 1.29 is 9.59 Å². The summed E-state index contributed by atoms with van der Waals surface area (Å²) in [5.41, 5.74) is 5.41. The highest BCUT2D eigenvalue weighted by Gasteiger charge is 2.29. The molecule has 1 saturated heterocycles. The summed E-state index contributed by atoms with van der Waals surface area (Å²) in [7, 11) is 0. The van der Waals surface area contributed by atoms with E-state index in [1.54, 1.807) is 0 Å². The minimum Gasteiger partial charge on any atom is -0.344 e. The molecule has 5 nitrogen and oxygen atoms in total. The Labute approximate surface area is 64.3 Å². The lowest BCUT2D eigenvalue weighted by Gasteiger charge is -2.05. The highest BCUT2D eigenvalue weighted by Crippen LogP contribution is 2.02. The largest absolute Gasteiger partial charge is 0.344 e. The van der Waals surface area contributed by atoms with E-state index in [0.717, 1.165) is 0 Å². The number of hydrogen-bond donors (Lipinski definition) is 3. The predicted octanol–water partition coefficient (Wildman–Crippen LogP) is -1.70. The van der Waals surface area contributed by atoms with E-state index in [0.29, 0.717) is 6.42 Å². The topological polar surface area (TPSA) is 84.2 Å². The van der Waals surface area contributed by atoms with Crippen molar-refractivity contribution in [2.45, 2.75) is 25.6 Å². The first kappa shape index (κ1) is 8.00. The van der Waals surface area contributed by atoms with Gasteiger partial charge in [0.25, 0.3) is 0 Å². The lowest BCUT2D eigenvalue weighted by Crippen LogP contribution is -2.39. The number of carbonyl (C=O) groups excluding carboxylic acids is 2. The van der Waals surface area contributed by atoms with E-state index < -0.39 is 6.04 Å². The second-order valence-electron chi connectivity index (χ2n) is 2.60. The quantitative estimate of drug-likeness (QED) is 0.424. The van der Waals surface area contributed by atoms with Gasteiger partial charge in [0.2, 0.25) is 11.8 Å². The van der Waals surface area contributed by atoms with E-state index in [9.17, 15) is 9.59 Å². The molecule has 0 aromatic rings. The van der Waals surface area contributed by atoms with Gasteiger partial charge in [-0.15, -0.1) is 0 Å². The minimum atomic E-state index is -0.442. The molecule has 5 heteroatoms. The number of amides is 2. The third-order valence-corrected chi connectivity index (χ3v) is 1.51. The summed E-state index contributed by atoms with van der Waals surface area (Å²) in [6, 6.07) is -0.442. The molecule has 2 atom stereocenters. The highest BCUT2D eigenvalue weighted by atomic mass is 16.2. The standard InChI is InChI=1S/C6H11N3O2/c1-3(10)8-4-2-5(7)9-6(4)11/h4-5H,2,7H2,1H3,(H,8,10)(H,9,11). The van der Waals surface area contributed by atoms with Crippen molar-refractivity contribution in [1.29, 1.82) is 0 Å². The molecule has 11 heavy (non-hydrogen) atoms. The molecule has 0 radical (unpaired) electrons. The molecule has 62 valence electrons. The molecular formula is C6H11N3O2. The van der Waals surface area contributed by atoms with E-state index in [1.807, 2.05) is 0 Å². The Hall–Kier alpha value is -1.10. The SMILES string of the molecule is CC(=O)NC1CC(N)NC1=O. The van der Waals surface area contributed by atoms with Gasteiger partial charge < -0.3 is 16.4 Å². The van der Waals surface area contributed by atoms with Crippen molar-refractivity contribution in [1.82, 2.24) is 10.6 Å². The molecule has 0 bridgehead atoms. The summed E-state index contributed by atoms with van der Waals surface area (Å²) in [5, 5.41) is 4.99. The zero-order valence-corrected chi connectivity index (χ0v) is 6.26. The van der Waals surface area contributed by atoms with Crippen LogP contribution in [-0.4, -0.2) is 24.0 Å². The molecule has 0 spiro atoms. The maximum atomic E-state index is 10.9. The van der Waals surface area contributed by atoms with Crippen LogP contribution in [0.1, 0.15) is 13.3 Å². The molecule has 0 aliphatic carbocycles. The van der Waals surface area contributed by atoms with Crippen LogP contribution in [0.3, 0.4) is 0 Å².